The number of hydrogen-bond donors (Lipinski definition) is 1. The largest absolute Gasteiger partial charge is 0.440 e. The second-order valence-electron chi connectivity index (χ2n) is 3.88. The van der Waals surface area contributed by atoms with E-state index in [1.807, 2.05) is 12.2 Å². The molecule has 1 unspecified atom stereocenters. The van der Waals surface area contributed by atoms with Crippen LogP contribution in [0, 0.1) is 0 Å². The third-order valence-corrected chi connectivity index (χ3v) is 3.97. The molecule has 0 aliphatic heterocycles. The fourth-order valence-corrected chi connectivity index (χ4v) is 2.94. The molecule has 1 heterocycles. The van der Waals surface area contributed by atoms with Crippen LogP contribution in [0.25, 0.3) is 0 Å². The van der Waals surface area contributed by atoms with E-state index in [0.717, 1.165) is 12.8 Å². The van der Waals surface area contributed by atoms with Crippen LogP contribution in [0.3, 0.4) is 0 Å². The second kappa shape index (κ2) is 4.85. The van der Waals surface area contributed by atoms with Gasteiger partial charge < -0.3 is 4.42 Å². The Kier molecular flexibility index (Phi) is 3.44. The molecule has 6 heteroatoms. The van der Waals surface area contributed by atoms with E-state index in [4.69, 9.17) is 4.42 Å². The molecule has 1 aromatic heterocycles. The van der Waals surface area contributed by atoms with E-state index in [2.05, 4.69) is 4.72 Å². The summed E-state index contributed by atoms with van der Waals surface area (Å²) in [5.74, 6) is 0.00825. The SMILES string of the molecule is O=Cc1ccc(S(=O)(=O)NC2CC=CCC2)o1. The lowest BCUT2D eigenvalue weighted by Gasteiger charge is -2.18. The maximum Gasteiger partial charge on any atom is 0.274 e. The summed E-state index contributed by atoms with van der Waals surface area (Å²) in [6, 6.07) is 2.52. The van der Waals surface area contributed by atoms with Crippen LogP contribution in [-0.4, -0.2) is 20.7 Å². The van der Waals surface area contributed by atoms with Crippen molar-refractivity contribution in [2.24, 2.45) is 0 Å². The van der Waals surface area contributed by atoms with Gasteiger partial charge in [0, 0.05) is 6.04 Å². The molecule has 5 nitrogen and oxygen atoms in total. The number of carbonyl (C=O) groups is 1. The molecule has 1 aliphatic rings. The Morgan fingerprint density at radius 2 is 2.18 bits per heavy atom. The van der Waals surface area contributed by atoms with Crippen LogP contribution in [0.2, 0.25) is 0 Å². The summed E-state index contributed by atoms with van der Waals surface area (Å²) in [5, 5.41) is -0.214. The van der Waals surface area contributed by atoms with E-state index in [-0.39, 0.29) is 16.9 Å². The van der Waals surface area contributed by atoms with Gasteiger partial charge in [0.2, 0.25) is 5.09 Å². The number of furan rings is 1. The maximum atomic E-state index is 11.9. The summed E-state index contributed by atoms with van der Waals surface area (Å²) < 4.78 is 31.2. The molecular formula is C11H13NO4S. The first-order valence-corrected chi connectivity index (χ1v) is 6.82. The maximum absolute atomic E-state index is 11.9. The van der Waals surface area contributed by atoms with Crippen molar-refractivity contribution in [3.63, 3.8) is 0 Å². The molecule has 1 aliphatic carbocycles. The fourth-order valence-electron chi connectivity index (χ4n) is 1.72. The van der Waals surface area contributed by atoms with Crippen molar-refractivity contribution in [2.45, 2.75) is 30.4 Å². The number of carbonyl (C=O) groups excluding carboxylic acids is 1. The van der Waals surface area contributed by atoms with Crippen LogP contribution >= 0.6 is 0 Å². The number of sulfonamides is 1. The minimum absolute atomic E-state index is 0.00825. The van der Waals surface area contributed by atoms with Crippen molar-refractivity contribution in [2.75, 3.05) is 0 Å². The summed E-state index contributed by atoms with van der Waals surface area (Å²) in [6.07, 6.45) is 6.78. The molecule has 0 amide bonds. The summed E-state index contributed by atoms with van der Waals surface area (Å²) in [6.45, 7) is 0. The van der Waals surface area contributed by atoms with Crippen molar-refractivity contribution in [1.82, 2.24) is 4.72 Å². The molecule has 1 atom stereocenters. The lowest BCUT2D eigenvalue weighted by Crippen LogP contribution is -2.35. The highest BCUT2D eigenvalue weighted by atomic mass is 32.2. The van der Waals surface area contributed by atoms with Crippen LogP contribution in [0.4, 0.5) is 0 Å². The van der Waals surface area contributed by atoms with Gasteiger partial charge in [-0.15, -0.1) is 0 Å². The Morgan fingerprint density at radius 3 is 2.76 bits per heavy atom. The van der Waals surface area contributed by atoms with Gasteiger partial charge in [-0.25, -0.2) is 13.1 Å². The highest BCUT2D eigenvalue weighted by molar-refractivity contribution is 7.89. The number of rotatable bonds is 4. The van der Waals surface area contributed by atoms with E-state index in [1.54, 1.807) is 0 Å². The Morgan fingerprint density at radius 1 is 1.35 bits per heavy atom. The first kappa shape index (κ1) is 12.1. The van der Waals surface area contributed by atoms with Gasteiger partial charge in [0.05, 0.1) is 0 Å². The molecule has 2 rings (SSSR count). The zero-order valence-electron chi connectivity index (χ0n) is 9.13. The van der Waals surface area contributed by atoms with E-state index in [0.29, 0.717) is 12.7 Å². The minimum atomic E-state index is -3.66. The van der Waals surface area contributed by atoms with Crippen molar-refractivity contribution in [3.05, 3.63) is 30.0 Å². The molecule has 0 saturated carbocycles. The van der Waals surface area contributed by atoms with Crippen molar-refractivity contribution in [3.8, 4) is 0 Å². The minimum Gasteiger partial charge on any atom is -0.440 e. The van der Waals surface area contributed by atoms with Gasteiger partial charge in [0.25, 0.3) is 10.0 Å². The van der Waals surface area contributed by atoms with Gasteiger partial charge in [-0.3, -0.25) is 4.79 Å². The van der Waals surface area contributed by atoms with E-state index in [1.165, 1.54) is 12.1 Å². The molecule has 0 bridgehead atoms. The van der Waals surface area contributed by atoms with Gasteiger partial charge in [0.1, 0.15) is 0 Å². The van der Waals surface area contributed by atoms with Crippen molar-refractivity contribution >= 4 is 16.3 Å². The molecule has 0 radical (unpaired) electrons. The first-order valence-electron chi connectivity index (χ1n) is 5.34. The normalized spacial score (nSPS) is 20.4. The molecule has 0 aromatic carbocycles. The summed E-state index contributed by atoms with van der Waals surface area (Å²) in [5.41, 5.74) is 0. The smallest absolute Gasteiger partial charge is 0.274 e. The van der Waals surface area contributed by atoms with Gasteiger partial charge >= 0.3 is 0 Å². The Hall–Kier alpha value is -1.40. The zero-order valence-corrected chi connectivity index (χ0v) is 9.94. The molecule has 0 saturated heterocycles. The summed E-state index contributed by atoms with van der Waals surface area (Å²) in [7, 11) is -3.66. The number of aldehydes is 1. The predicted octanol–water partition coefficient (Wildman–Crippen LogP) is 1.48. The molecule has 0 spiro atoms. The first-order chi connectivity index (χ1) is 8.12. The van der Waals surface area contributed by atoms with Crippen molar-refractivity contribution in [1.29, 1.82) is 0 Å². The monoisotopic (exact) mass is 255 g/mol. The number of nitrogens with one attached hydrogen (secondary N) is 1. The highest BCUT2D eigenvalue weighted by Gasteiger charge is 2.23. The summed E-state index contributed by atoms with van der Waals surface area (Å²) >= 11 is 0. The van der Waals surface area contributed by atoms with Gasteiger partial charge in [-0.2, -0.15) is 0 Å². The number of allylic oxidation sites excluding steroid dienone is 1. The average molecular weight is 255 g/mol. The number of hydrogen-bond acceptors (Lipinski definition) is 4. The summed E-state index contributed by atoms with van der Waals surface area (Å²) in [4.78, 5) is 10.4. The second-order valence-corrected chi connectivity index (χ2v) is 5.52. The fraction of sp³-hybridized carbons (Fsp3) is 0.364. The van der Waals surface area contributed by atoms with E-state index in [9.17, 15) is 13.2 Å². The van der Waals surface area contributed by atoms with Crippen molar-refractivity contribution < 1.29 is 17.6 Å². The van der Waals surface area contributed by atoms with Crippen LogP contribution in [0.5, 0.6) is 0 Å². The highest BCUT2D eigenvalue weighted by Crippen LogP contribution is 2.17. The van der Waals surface area contributed by atoms with E-state index >= 15 is 0 Å². The van der Waals surface area contributed by atoms with Crippen LogP contribution in [0.15, 0.2) is 33.8 Å². The Bertz CT molecular complexity index is 529. The molecule has 0 fully saturated rings. The Labute approximate surface area is 99.6 Å². The van der Waals surface area contributed by atoms with Crippen LogP contribution in [0.1, 0.15) is 29.8 Å². The third kappa shape index (κ3) is 2.83. The zero-order chi connectivity index (χ0) is 12.3. The quantitative estimate of drug-likeness (QED) is 0.653. The molecule has 1 N–H and O–H groups in total. The van der Waals surface area contributed by atoms with Crippen LogP contribution < -0.4 is 4.72 Å². The predicted molar refractivity (Wildman–Crippen MR) is 61.2 cm³/mol. The standard InChI is InChI=1S/C11H13NO4S/c13-8-10-6-7-11(16-10)17(14,15)12-9-4-2-1-3-5-9/h1-2,6-9,12H,3-5H2. The molecule has 92 valence electrons. The molecule has 1 aromatic rings. The van der Waals surface area contributed by atoms with E-state index < -0.39 is 10.0 Å². The average Bonchev–Trinajstić information content (AvgIpc) is 2.79. The third-order valence-electron chi connectivity index (χ3n) is 2.57. The molecule has 17 heavy (non-hydrogen) atoms. The topological polar surface area (TPSA) is 76.4 Å². The van der Waals surface area contributed by atoms with Gasteiger partial charge in [-0.05, 0) is 31.4 Å². The van der Waals surface area contributed by atoms with Gasteiger partial charge in [-0.1, -0.05) is 12.2 Å². The Balaban J connectivity index is 2.12. The van der Waals surface area contributed by atoms with Crippen LogP contribution in [-0.2, 0) is 10.0 Å². The lowest BCUT2D eigenvalue weighted by molar-refractivity contribution is 0.109. The van der Waals surface area contributed by atoms with Gasteiger partial charge in [0.15, 0.2) is 12.0 Å². The lowest BCUT2D eigenvalue weighted by atomic mass is 10.0. The molecular weight excluding hydrogens is 242 g/mol.